The normalized spacial score (nSPS) is 25.4. The molecule has 1 N–H and O–H groups in total. The van der Waals surface area contributed by atoms with Gasteiger partial charge in [-0.15, -0.1) is 0 Å². The van der Waals surface area contributed by atoms with Gasteiger partial charge in [-0.25, -0.2) is 8.78 Å². The molecule has 1 saturated heterocycles. The number of hydrogen-bond donors (Lipinski definition) is 1. The molecule has 0 saturated carbocycles. The third kappa shape index (κ3) is 2.40. The second-order valence-corrected chi connectivity index (χ2v) is 4.84. The maximum Gasteiger partial charge on any atom is 0.131 e. The zero-order valence-corrected chi connectivity index (χ0v) is 10.6. The summed E-state index contributed by atoms with van der Waals surface area (Å²) < 4.78 is 32.4. The van der Waals surface area contributed by atoms with E-state index in [1.54, 1.807) is 6.92 Å². The minimum atomic E-state index is -0.934. The standard InChI is InChI=1S/C14H18F2O2/c1-3-13-9(4-5-18-13)14(17)10-6-8(2)11(15)7-12(10)16/h6-7,9,13-14,17H,3-5H2,1-2H3. The highest BCUT2D eigenvalue weighted by atomic mass is 19.1. The van der Waals surface area contributed by atoms with Crippen molar-refractivity contribution in [3.8, 4) is 0 Å². The Morgan fingerprint density at radius 1 is 1.39 bits per heavy atom. The molecule has 0 bridgehead atoms. The number of benzene rings is 1. The summed E-state index contributed by atoms with van der Waals surface area (Å²) in [7, 11) is 0. The van der Waals surface area contributed by atoms with Crippen LogP contribution < -0.4 is 0 Å². The average molecular weight is 256 g/mol. The molecule has 1 aromatic carbocycles. The molecule has 0 aromatic heterocycles. The zero-order chi connectivity index (χ0) is 13.3. The molecule has 2 rings (SSSR count). The molecule has 1 fully saturated rings. The lowest BCUT2D eigenvalue weighted by molar-refractivity contribution is 0.0292. The van der Waals surface area contributed by atoms with E-state index in [0.717, 1.165) is 12.5 Å². The summed E-state index contributed by atoms with van der Waals surface area (Å²) in [4.78, 5) is 0. The molecule has 1 aliphatic heterocycles. The van der Waals surface area contributed by atoms with Gasteiger partial charge in [0, 0.05) is 24.2 Å². The summed E-state index contributed by atoms with van der Waals surface area (Å²) in [5.74, 6) is -1.39. The SMILES string of the molecule is CCC1OCCC1C(O)c1cc(C)c(F)cc1F. The highest BCUT2D eigenvalue weighted by Gasteiger charge is 2.34. The van der Waals surface area contributed by atoms with Gasteiger partial charge in [-0.2, -0.15) is 0 Å². The number of rotatable bonds is 3. The Labute approximate surface area is 106 Å². The molecule has 2 nitrogen and oxygen atoms in total. The molecule has 3 unspecified atom stereocenters. The molecule has 0 spiro atoms. The first-order valence-corrected chi connectivity index (χ1v) is 6.29. The van der Waals surface area contributed by atoms with Gasteiger partial charge in [0.25, 0.3) is 0 Å². The minimum absolute atomic E-state index is 0.0511. The summed E-state index contributed by atoms with van der Waals surface area (Å²) in [6, 6.07) is 2.23. The average Bonchev–Trinajstić information content (AvgIpc) is 2.81. The maximum atomic E-state index is 13.7. The lowest BCUT2D eigenvalue weighted by Gasteiger charge is -2.23. The number of aryl methyl sites for hydroxylation is 1. The van der Waals surface area contributed by atoms with Gasteiger partial charge >= 0.3 is 0 Å². The van der Waals surface area contributed by atoms with Crippen molar-refractivity contribution >= 4 is 0 Å². The Morgan fingerprint density at radius 3 is 2.78 bits per heavy atom. The number of ether oxygens (including phenoxy) is 1. The van der Waals surface area contributed by atoms with E-state index in [2.05, 4.69) is 0 Å². The summed E-state index contributed by atoms with van der Waals surface area (Å²) in [5, 5.41) is 10.3. The second-order valence-electron chi connectivity index (χ2n) is 4.84. The first-order valence-electron chi connectivity index (χ1n) is 6.29. The van der Waals surface area contributed by atoms with Crippen molar-refractivity contribution in [1.29, 1.82) is 0 Å². The Morgan fingerprint density at radius 2 is 2.11 bits per heavy atom. The van der Waals surface area contributed by atoms with Gasteiger partial charge in [0.1, 0.15) is 11.6 Å². The van der Waals surface area contributed by atoms with Crippen LogP contribution in [0.3, 0.4) is 0 Å². The number of hydrogen-bond acceptors (Lipinski definition) is 2. The summed E-state index contributed by atoms with van der Waals surface area (Å²) in [6.45, 7) is 4.12. The quantitative estimate of drug-likeness (QED) is 0.900. The number of aliphatic hydroxyl groups is 1. The van der Waals surface area contributed by atoms with Crippen molar-refractivity contribution < 1.29 is 18.6 Å². The van der Waals surface area contributed by atoms with E-state index in [1.165, 1.54) is 6.07 Å². The second kappa shape index (κ2) is 5.33. The zero-order valence-electron chi connectivity index (χ0n) is 10.6. The van der Waals surface area contributed by atoms with Gasteiger partial charge in [0.15, 0.2) is 0 Å². The van der Waals surface area contributed by atoms with Crippen LogP contribution in [0.4, 0.5) is 8.78 Å². The molecule has 1 aliphatic rings. The summed E-state index contributed by atoms with van der Waals surface area (Å²) >= 11 is 0. The van der Waals surface area contributed by atoms with Crippen LogP contribution in [0.1, 0.15) is 37.0 Å². The summed E-state index contributed by atoms with van der Waals surface area (Å²) in [6.07, 6.45) is 0.500. The van der Waals surface area contributed by atoms with Crippen LogP contribution >= 0.6 is 0 Å². The van der Waals surface area contributed by atoms with Crippen molar-refractivity contribution in [3.05, 3.63) is 34.9 Å². The van der Waals surface area contributed by atoms with Crippen LogP contribution in [0.15, 0.2) is 12.1 Å². The van der Waals surface area contributed by atoms with Gasteiger partial charge < -0.3 is 9.84 Å². The monoisotopic (exact) mass is 256 g/mol. The minimum Gasteiger partial charge on any atom is -0.388 e. The largest absolute Gasteiger partial charge is 0.388 e. The molecule has 1 heterocycles. The van der Waals surface area contributed by atoms with E-state index in [0.29, 0.717) is 18.6 Å². The smallest absolute Gasteiger partial charge is 0.131 e. The van der Waals surface area contributed by atoms with Crippen molar-refractivity contribution in [2.45, 2.75) is 38.9 Å². The Bertz CT molecular complexity index is 434. The fourth-order valence-electron chi connectivity index (χ4n) is 2.58. The van der Waals surface area contributed by atoms with Gasteiger partial charge in [0.05, 0.1) is 12.2 Å². The van der Waals surface area contributed by atoms with Crippen molar-refractivity contribution in [3.63, 3.8) is 0 Å². The predicted octanol–water partition coefficient (Wildman–Crippen LogP) is 3.12. The van der Waals surface area contributed by atoms with E-state index in [4.69, 9.17) is 4.74 Å². The van der Waals surface area contributed by atoms with Gasteiger partial charge in [-0.3, -0.25) is 0 Å². The first kappa shape index (κ1) is 13.4. The molecule has 4 heteroatoms. The van der Waals surface area contributed by atoms with Gasteiger partial charge in [-0.05, 0) is 31.4 Å². The maximum absolute atomic E-state index is 13.7. The van der Waals surface area contributed by atoms with E-state index >= 15 is 0 Å². The fourth-order valence-corrected chi connectivity index (χ4v) is 2.58. The van der Waals surface area contributed by atoms with E-state index in [9.17, 15) is 13.9 Å². The molecule has 0 radical (unpaired) electrons. The molecular weight excluding hydrogens is 238 g/mol. The van der Waals surface area contributed by atoms with Crippen LogP contribution in [0, 0.1) is 24.5 Å². The number of halogens is 2. The van der Waals surface area contributed by atoms with Crippen LogP contribution in [0.25, 0.3) is 0 Å². The predicted molar refractivity (Wildman–Crippen MR) is 64.2 cm³/mol. The lowest BCUT2D eigenvalue weighted by atomic mass is 9.88. The van der Waals surface area contributed by atoms with Crippen molar-refractivity contribution in [2.75, 3.05) is 6.61 Å². The lowest BCUT2D eigenvalue weighted by Crippen LogP contribution is -2.23. The highest BCUT2D eigenvalue weighted by molar-refractivity contribution is 5.28. The molecular formula is C14H18F2O2. The molecule has 0 amide bonds. The molecule has 18 heavy (non-hydrogen) atoms. The Hall–Kier alpha value is -1.00. The van der Waals surface area contributed by atoms with E-state index in [1.807, 2.05) is 6.92 Å². The van der Waals surface area contributed by atoms with E-state index < -0.39 is 17.7 Å². The van der Waals surface area contributed by atoms with Crippen molar-refractivity contribution in [2.24, 2.45) is 5.92 Å². The third-order valence-electron chi connectivity index (χ3n) is 3.67. The van der Waals surface area contributed by atoms with Crippen LogP contribution in [0.5, 0.6) is 0 Å². The fraction of sp³-hybridized carbons (Fsp3) is 0.571. The van der Waals surface area contributed by atoms with Gasteiger partial charge in [-0.1, -0.05) is 6.92 Å². The Kier molecular flexibility index (Phi) is 3.97. The topological polar surface area (TPSA) is 29.5 Å². The van der Waals surface area contributed by atoms with Crippen LogP contribution in [0.2, 0.25) is 0 Å². The van der Waals surface area contributed by atoms with Crippen molar-refractivity contribution in [1.82, 2.24) is 0 Å². The molecule has 100 valence electrons. The first-order chi connectivity index (χ1) is 8.54. The molecule has 0 aliphatic carbocycles. The van der Waals surface area contributed by atoms with E-state index in [-0.39, 0.29) is 17.6 Å². The molecule has 1 aromatic rings. The highest BCUT2D eigenvalue weighted by Crippen LogP contribution is 2.36. The van der Waals surface area contributed by atoms with Gasteiger partial charge in [0.2, 0.25) is 0 Å². The molecule has 3 atom stereocenters. The van der Waals surface area contributed by atoms with Crippen LogP contribution in [-0.4, -0.2) is 17.8 Å². The Balaban J connectivity index is 2.28. The number of aliphatic hydroxyl groups excluding tert-OH is 1. The van der Waals surface area contributed by atoms with Crippen LogP contribution in [-0.2, 0) is 4.74 Å². The summed E-state index contributed by atoms with van der Waals surface area (Å²) in [5.41, 5.74) is 0.514. The third-order valence-corrected chi connectivity index (χ3v) is 3.67.